The Labute approximate surface area is 91.5 Å². The molecular formula is C10H12N4O2. The van der Waals surface area contributed by atoms with Gasteiger partial charge in [0.25, 0.3) is 5.56 Å². The Balaban J connectivity index is 2.44. The molecule has 0 saturated carbocycles. The highest BCUT2D eigenvalue weighted by molar-refractivity contribution is 5.21. The summed E-state index contributed by atoms with van der Waals surface area (Å²) in [6, 6.07) is 1.80. The summed E-state index contributed by atoms with van der Waals surface area (Å²) in [5.41, 5.74) is -1.09. The third-order valence-corrected chi connectivity index (χ3v) is 2.75. The van der Waals surface area contributed by atoms with Crippen LogP contribution in [0, 0.1) is 11.3 Å². The third kappa shape index (κ3) is 1.90. The van der Waals surface area contributed by atoms with Crippen molar-refractivity contribution >= 4 is 0 Å². The van der Waals surface area contributed by atoms with E-state index >= 15 is 0 Å². The fraction of sp³-hybridized carbons (Fsp3) is 0.500. The van der Waals surface area contributed by atoms with Crippen molar-refractivity contribution < 1.29 is 0 Å². The van der Waals surface area contributed by atoms with Crippen molar-refractivity contribution in [3.8, 4) is 6.07 Å². The van der Waals surface area contributed by atoms with Crippen molar-refractivity contribution in [1.82, 2.24) is 14.9 Å². The van der Waals surface area contributed by atoms with Gasteiger partial charge in [0.15, 0.2) is 0 Å². The fourth-order valence-corrected chi connectivity index (χ4v) is 1.91. The average molecular weight is 220 g/mol. The summed E-state index contributed by atoms with van der Waals surface area (Å²) < 4.78 is 1.44. The molecule has 1 aliphatic rings. The van der Waals surface area contributed by atoms with Gasteiger partial charge >= 0.3 is 5.69 Å². The average Bonchev–Trinajstić information content (AvgIpc) is 2.30. The summed E-state index contributed by atoms with van der Waals surface area (Å²) in [4.78, 5) is 24.9. The van der Waals surface area contributed by atoms with Crippen LogP contribution < -0.4 is 16.6 Å². The van der Waals surface area contributed by atoms with Gasteiger partial charge in [0.2, 0.25) is 0 Å². The fourth-order valence-electron chi connectivity index (χ4n) is 1.91. The van der Waals surface area contributed by atoms with Crippen LogP contribution >= 0.6 is 0 Å². The molecule has 0 aliphatic carbocycles. The molecule has 1 aromatic heterocycles. The number of hydrogen-bond acceptors (Lipinski definition) is 4. The molecule has 2 N–H and O–H groups in total. The molecule has 1 aromatic rings. The Morgan fingerprint density at radius 3 is 2.94 bits per heavy atom. The van der Waals surface area contributed by atoms with Gasteiger partial charge in [-0.05, 0) is 19.4 Å². The van der Waals surface area contributed by atoms with E-state index in [-0.39, 0.29) is 11.6 Å². The lowest BCUT2D eigenvalue weighted by atomic mass is 10.1. The van der Waals surface area contributed by atoms with Gasteiger partial charge in [-0.2, -0.15) is 5.26 Å². The molecule has 0 unspecified atom stereocenters. The van der Waals surface area contributed by atoms with Crippen molar-refractivity contribution in [2.45, 2.75) is 18.9 Å². The second-order valence-electron chi connectivity index (χ2n) is 3.82. The number of aromatic amines is 1. The van der Waals surface area contributed by atoms with Crippen molar-refractivity contribution in [3.63, 3.8) is 0 Å². The summed E-state index contributed by atoms with van der Waals surface area (Å²) in [7, 11) is 0. The van der Waals surface area contributed by atoms with Gasteiger partial charge < -0.3 is 5.32 Å². The molecule has 16 heavy (non-hydrogen) atoms. The van der Waals surface area contributed by atoms with Crippen LogP contribution in [-0.2, 0) is 0 Å². The van der Waals surface area contributed by atoms with Gasteiger partial charge in [0, 0.05) is 12.7 Å². The highest BCUT2D eigenvalue weighted by Gasteiger charge is 2.17. The monoisotopic (exact) mass is 220 g/mol. The second kappa shape index (κ2) is 4.33. The number of aromatic nitrogens is 2. The Morgan fingerprint density at radius 2 is 2.31 bits per heavy atom. The number of nitriles is 1. The van der Waals surface area contributed by atoms with Crippen LogP contribution in [0.5, 0.6) is 0 Å². The van der Waals surface area contributed by atoms with Gasteiger partial charge in [0.1, 0.15) is 11.6 Å². The van der Waals surface area contributed by atoms with Crippen LogP contribution in [0.2, 0.25) is 0 Å². The molecule has 1 atom stereocenters. The predicted molar refractivity (Wildman–Crippen MR) is 57.2 cm³/mol. The Morgan fingerprint density at radius 1 is 1.50 bits per heavy atom. The van der Waals surface area contributed by atoms with Gasteiger partial charge in [-0.1, -0.05) is 0 Å². The van der Waals surface area contributed by atoms with Crippen LogP contribution in [0.15, 0.2) is 15.8 Å². The quantitative estimate of drug-likeness (QED) is 0.657. The zero-order chi connectivity index (χ0) is 11.5. The van der Waals surface area contributed by atoms with E-state index in [9.17, 15) is 9.59 Å². The van der Waals surface area contributed by atoms with Gasteiger partial charge in [0.05, 0.1) is 6.04 Å². The molecule has 0 bridgehead atoms. The van der Waals surface area contributed by atoms with Crippen molar-refractivity contribution in [2.75, 3.05) is 13.1 Å². The standard InChI is InChI=1S/C10H12N4O2/c11-4-7-6-14(10(16)13-9(7)15)8-2-1-3-12-5-8/h6,8,12H,1-3,5H2,(H,13,15,16)/t8-/m1/s1. The molecule has 0 radical (unpaired) electrons. The van der Waals surface area contributed by atoms with E-state index in [2.05, 4.69) is 10.3 Å². The lowest BCUT2D eigenvalue weighted by Crippen LogP contribution is -2.39. The minimum absolute atomic E-state index is 0.0187. The van der Waals surface area contributed by atoms with E-state index < -0.39 is 11.2 Å². The predicted octanol–water partition coefficient (Wildman–Crippen LogP) is -0.667. The molecule has 6 heteroatoms. The molecule has 0 aromatic carbocycles. The zero-order valence-electron chi connectivity index (χ0n) is 8.69. The smallest absolute Gasteiger partial charge is 0.315 e. The number of nitrogens with one attached hydrogen (secondary N) is 2. The van der Waals surface area contributed by atoms with Gasteiger partial charge in [-0.3, -0.25) is 14.3 Å². The minimum atomic E-state index is -0.618. The maximum Gasteiger partial charge on any atom is 0.328 e. The van der Waals surface area contributed by atoms with E-state index in [1.54, 1.807) is 6.07 Å². The van der Waals surface area contributed by atoms with E-state index in [1.165, 1.54) is 10.8 Å². The number of hydrogen-bond donors (Lipinski definition) is 2. The normalized spacial score (nSPS) is 20.3. The van der Waals surface area contributed by atoms with Gasteiger partial charge in [-0.25, -0.2) is 4.79 Å². The molecule has 0 amide bonds. The SMILES string of the molecule is N#Cc1cn([C@@H]2CCCNC2)c(=O)[nH]c1=O. The molecule has 1 aliphatic heterocycles. The topological polar surface area (TPSA) is 90.7 Å². The zero-order valence-corrected chi connectivity index (χ0v) is 8.69. The number of nitrogens with zero attached hydrogens (tertiary/aromatic N) is 2. The molecule has 1 fully saturated rings. The summed E-state index contributed by atoms with van der Waals surface area (Å²) in [6.45, 7) is 1.64. The van der Waals surface area contributed by atoms with Gasteiger partial charge in [-0.15, -0.1) is 0 Å². The molecule has 84 valence electrons. The Hall–Kier alpha value is -1.87. The highest BCUT2D eigenvalue weighted by Crippen LogP contribution is 2.13. The first kappa shape index (κ1) is 10.6. The highest BCUT2D eigenvalue weighted by atomic mass is 16.2. The van der Waals surface area contributed by atoms with Crippen LogP contribution in [-0.4, -0.2) is 22.6 Å². The lowest BCUT2D eigenvalue weighted by Gasteiger charge is -2.24. The van der Waals surface area contributed by atoms with Crippen molar-refractivity contribution in [3.05, 3.63) is 32.6 Å². The first-order valence-electron chi connectivity index (χ1n) is 5.18. The van der Waals surface area contributed by atoms with Crippen molar-refractivity contribution in [2.24, 2.45) is 0 Å². The first-order valence-corrected chi connectivity index (χ1v) is 5.18. The third-order valence-electron chi connectivity index (χ3n) is 2.75. The maximum absolute atomic E-state index is 11.6. The maximum atomic E-state index is 11.6. The Bertz CT molecular complexity index is 531. The van der Waals surface area contributed by atoms with Crippen molar-refractivity contribution in [1.29, 1.82) is 5.26 Å². The molecule has 2 rings (SSSR count). The number of rotatable bonds is 1. The van der Waals surface area contributed by atoms with E-state index in [0.717, 1.165) is 19.4 Å². The summed E-state index contributed by atoms with van der Waals surface area (Å²) >= 11 is 0. The number of H-pyrrole nitrogens is 1. The van der Waals surface area contributed by atoms with Crippen LogP contribution in [0.4, 0.5) is 0 Å². The Kier molecular flexibility index (Phi) is 2.88. The number of piperidine rings is 1. The second-order valence-corrected chi connectivity index (χ2v) is 3.82. The van der Waals surface area contributed by atoms with Crippen LogP contribution in [0.25, 0.3) is 0 Å². The van der Waals surface area contributed by atoms with Crippen LogP contribution in [0.3, 0.4) is 0 Å². The molecule has 1 saturated heterocycles. The minimum Gasteiger partial charge on any atom is -0.315 e. The molecule has 2 heterocycles. The first-order chi connectivity index (χ1) is 7.72. The molecule has 0 spiro atoms. The summed E-state index contributed by atoms with van der Waals surface area (Å²) in [6.07, 6.45) is 3.21. The van der Waals surface area contributed by atoms with E-state index in [1.807, 2.05) is 0 Å². The molecular weight excluding hydrogens is 208 g/mol. The lowest BCUT2D eigenvalue weighted by molar-refractivity contribution is 0.359. The largest absolute Gasteiger partial charge is 0.328 e. The van der Waals surface area contributed by atoms with E-state index in [4.69, 9.17) is 5.26 Å². The molecule has 6 nitrogen and oxygen atoms in total. The summed E-state index contributed by atoms with van der Waals surface area (Å²) in [5, 5.41) is 11.9. The summed E-state index contributed by atoms with van der Waals surface area (Å²) in [5.74, 6) is 0. The van der Waals surface area contributed by atoms with E-state index in [0.29, 0.717) is 6.54 Å². The van der Waals surface area contributed by atoms with Crippen LogP contribution in [0.1, 0.15) is 24.4 Å².